The number of hydrogen-bond donors (Lipinski definition) is 2. The number of rotatable bonds is 4. The van der Waals surface area contributed by atoms with E-state index in [4.69, 9.17) is 10.5 Å². The van der Waals surface area contributed by atoms with Gasteiger partial charge < -0.3 is 15.8 Å². The van der Waals surface area contributed by atoms with Crippen molar-refractivity contribution < 1.29 is 4.74 Å². The van der Waals surface area contributed by atoms with Crippen LogP contribution < -0.4 is 15.8 Å². The smallest absolute Gasteiger partial charge is 0.242 e. The highest BCUT2D eigenvalue weighted by Crippen LogP contribution is 2.23. The van der Waals surface area contributed by atoms with Gasteiger partial charge in [0.25, 0.3) is 0 Å². The summed E-state index contributed by atoms with van der Waals surface area (Å²) >= 11 is 0. The van der Waals surface area contributed by atoms with Gasteiger partial charge in [0.2, 0.25) is 5.88 Å². The maximum Gasteiger partial charge on any atom is 0.242 e. The van der Waals surface area contributed by atoms with Crippen molar-refractivity contribution in [1.82, 2.24) is 9.97 Å². The molecule has 0 bridgehead atoms. The summed E-state index contributed by atoms with van der Waals surface area (Å²) in [6.07, 6.45) is 3.47. The molecule has 5 heteroatoms. The van der Waals surface area contributed by atoms with Crippen LogP contribution in [0.25, 0.3) is 0 Å². The first-order chi connectivity index (χ1) is 7.15. The van der Waals surface area contributed by atoms with E-state index in [9.17, 15) is 0 Å². The Morgan fingerprint density at radius 1 is 1.53 bits per heavy atom. The molecule has 1 heterocycles. The number of anilines is 2. The molecule has 0 saturated heterocycles. The molecule has 15 heavy (non-hydrogen) atoms. The Morgan fingerprint density at radius 3 is 2.87 bits per heavy atom. The monoisotopic (exact) mass is 208 g/mol. The average Bonchev–Trinajstić information content (AvgIpc) is 2.20. The SMILES string of the molecule is COc1ncnc(NCC=C(C)C)c1N. The minimum atomic E-state index is 0.393. The molecule has 0 unspecified atom stereocenters. The van der Waals surface area contributed by atoms with Crippen molar-refractivity contribution in [2.24, 2.45) is 0 Å². The Labute approximate surface area is 89.4 Å². The molecular weight excluding hydrogens is 192 g/mol. The van der Waals surface area contributed by atoms with Gasteiger partial charge in [-0.3, -0.25) is 0 Å². The van der Waals surface area contributed by atoms with Gasteiger partial charge in [0.15, 0.2) is 5.82 Å². The Hall–Kier alpha value is -1.78. The summed E-state index contributed by atoms with van der Waals surface area (Å²) in [4.78, 5) is 7.91. The Bertz CT molecular complexity index is 358. The highest BCUT2D eigenvalue weighted by molar-refractivity contribution is 5.66. The number of nitrogens with zero attached hydrogens (tertiary/aromatic N) is 2. The molecule has 0 aliphatic heterocycles. The van der Waals surface area contributed by atoms with Crippen LogP contribution in [0, 0.1) is 0 Å². The van der Waals surface area contributed by atoms with Crippen LogP contribution in [-0.4, -0.2) is 23.6 Å². The summed E-state index contributed by atoms with van der Waals surface area (Å²) in [5.74, 6) is 0.990. The second-order valence-electron chi connectivity index (χ2n) is 3.31. The zero-order valence-corrected chi connectivity index (χ0v) is 9.24. The lowest BCUT2D eigenvalue weighted by molar-refractivity contribution is 0.399. The van der Waals surface area contributed by atoms with Crippen molar-refractivity contribution in [2.75, 3.05) is 24.7 Å². The zero-order chi connectivity index (χ0) is 11.3. The number of nitrogens with two attached hydrogens (primary N) is 1. The maximum absolute atomic E-state index is 5.78. The minimum Gasteiger partial charge on any atom is -0.479 e. The van der Waals surface area contributed by atoms with Gasteiger partial charge in [0.05, 0.1) is 7.11 Å². The van der Waals surface area contributed by atoms with Crippen LogP contribution in [0.4, 0.5) is 11.5 Å². The van der Waals surface area contributed by atoms with Crippen LogP contribution in [0.2, 0.25) is 0 Å². The zero-order valence-electron chi connectivity index (χ0n) is 9.24. The van der Waals surface area contributed by atoms with Crippen LogP contribution in [0.1, 0.15) is 13.8 Å². The fraction of sp³-hybridized carbons (Fsp3) is 0.400. The van der Waals surface area contributed by atoms with E-state index in [1.54, 1.807) is 0 Å². The fourth-order valence-corrected chi connectivity index (χ4v) is 1.03. The van der Waals surface area contributed by atoms with Crippen LogP contribution >= 0.6 is 0 Å². The van der Waals surface area contributed by atoms with Crippen molar-refractivity contribution in [2.45, 2.75) is 13.8 Å². The molecule has 0 aliphatic rings. The van der Waals surface area contributed by atoms with Crippen LogP contribution in [0.15, 0.2) is 18.0 Å². The van der Waals surface area contributed by atoms with Crippen molar-refractivity contribution in [3.63, 3.8) is 0 Å². The molecule has 0 radical (unpaired) electrons. The summed E-state index contributed by atoms with van der Waals surface area (Å²) in [5, 5.41) is 3.09. The van der Waals surface area contributed by atoms with E-state index in [2.05, 4.69) is 15.3 Å². The molecule has 1 aromatic rings. The number of ether oxygens (including phenoxy) is 1. The molecule has 0 aliphatic carbocycles. The molecule has 0 atom stereocenters. The van der Waals surface area contributed by atoms with Crippen LogP contribution in [0.3, 0.4) is 0 Å². The topological polar surface area (TPSA) is 73.1 Å². The van der Waals surface area contributed by atoms with E-state index in [1.165, 1.54) is 19.0 Å². The number of nitrogens with one attached hydrogen (secondary N) is 1. The molecule has 1 rings (SSSR count). The van der Waals surface area contributed by atoms with Crippen molar-refractivity contribution in [1.29, 1.82) is 0 Å². The van der Waals surface area contributed by atoms with Crippen LogP contribution in [0.5, 0.6) is 5.88 Å². The van der Waals surface area contributed by atoms with Gasteiger partial charge in [-0.25, -0.2) is 4.98 Å². The second-order valence-corrected chi connectivity index (χ2v) is 3.31. The Morgan fingerprint density at radius 2 is 2.27 bits per heavy atom. The van der Waals surface area contributed by atoms with Gasteiger partial charge >= 0.3 is 0 Å². The van der Waals surface area contributed by atoms with Gasteiger partial charge in [-0.2, -0.15) is 4.98 Å². The van der Waals surface area contributed by atoms with Crippen molar-refractivity contribution >= 4 is 11.5 Å². The number of allylic oxidation sites excluding steroid dienone is 1. The Balaban J connectivity index is 2.73. The number of aromatic nitrogens is 2. The predicted octanol–water partition coefficient (Wildman–Crippen LogP) is 1.45. The quantitative estimate of drug-likeness (QED) is 0.732. The molecule has 0 spiro atoms. The first kappa shape index (κ1) is 11.3. The number of hydrogen-bond acceptors (Lipinski definition) is 5. The lowest BCUT2D eigenvalue weighted by Gasteiger charge is -2.08. The molecule has 0 saturated carbocycles. The molecule has 3 N–H and O–H groups in total. The minimum absolute atomic E-state index is 0.393. The average molecular weight is 208 g/mol. The summed E-state index contributed by atoms with van der Waals surface area (Å²) in [7, 11) is 1.53. The number of methoxy groups -OCH3 is 1. The van der Waals surface area contributed by atoms with E-state index in [1.807, 2.05) is 19.9 Å². The van der Waals surface area contributed by atoms with Crippen molar-refractivity contribution in [3.05, 3.63) is 18.0 Å². The van der Waals surface area contributed by atoms with E-state index >= 15 is 0 Å². The molecule has 0 aromatic carbocycles. The lowest BCUT2D eigenvalue weighted by atomic mass is 10.3. The highest BCUT2D eigenvalue weighted by Gasteiger charge is 2.06. The fourth-order valence-electron chi connectivity index (χ4n) is 1.03. The maximum atomic E-state index is 5.78. The largest absolute Gasteiger partial charge is 0.479 e. The molecule has 82 valence electrons. The summed E-state index contributed by atoms with van der Waals surface area (Å²) < 4.78 is 4.98. The highest BCUT2D eigenvalue weighted by atomic mass is 16.5. The lowest BCUT2D eigenvalue weighted by Crippen LogP contribution is -2.06. The first-order valence-electron chi connectivity index (χ1n) is 4.67. The van der Waals surface area contributed by atoms with Crippen molar-refractivity contribution in [3.8, 4) is 5.88 Å². The van der Waals surface area contributed by atoms with Gasteiger partial charge in [0.1, 0.15) is 12.0 Å². The summed E-state index contributed by atoms with van der Waals surface area (Å²) in [5.41, 5.74) is 7.45. The Kier molecular flexibility index (Phi) is 3.91. The molecule has 0 fully saturated rings. The van der Waals surface area contributed by atoms with Crippen LogP contribution in [-0.2, 0) is 0 Å². The van der Waals surface area contributed by atoms with Gasteiger partial charge in [-0.05, 0) is 13.8 Å². The molecular formula is C10H16N4O. The van der Waals surface area contributed by atoms with Gasteiger partial charge in [0, 0.05) is 6.54 Å². The van der Waals surface area contributed by atoms with E-state index in [0.717, 1.165) is 0 Å². The van der Waals surface area contributed by atoms with E-state index in [0.29, 0.717) is 23.9 Å². The summed E-state index contributed by atoms with van der Waals surface area (Å²) in [6, 6.07) is 0. The third-order valence-electron chi connectivity index (χ3n) is 1.82. The molecule has 0 amide bonds. The first-order valence-corrected chi connectivity index (χ1v) is 4.67. The van der Waals surface area contributed by atoms with Gasteiger partial charge in [-0.15, -0.1) is 0 Å². The van der Waals surface area contributed by atoms with Gasteiger partial charge in [-0.1, -0.05) is 11.6 Å². The normalized spacial score (nSPS) is 9.53. The predicted molar refractivity (Wildman–Crippen MR) is 60.9 cm³/mol. The van der Waals surface area contributed by atoms with E-state index in [-0.39, 0.29) is 0 Å². The van der Waals surface area contributed by atoms with E-state index < -0.39 is 0 Å². The molecule has 5 nitrogen and oxygen atoms in total. The third kappa shape index (κ3) is 3.12. The standard InChI is InChI=1S/C10H16N4O/c1-7(2)4-5-12-9-8(11)10(15-3)14-6-13-9/h4,6H,5,11H2,1-3H3,(H,12,13,14). The molecule has 1 aromatic heterocycles. The third-order valence-corrected chi connectivity index (χ3v) is 1.82. The summed E-state index contributed by atoms with van der Waals surface area (Å²) in [6.45, 7) is 4.75. The second kappa shape index (κ2) is 5.19. The number of nitrogen functional groups attached to an aromatic ring is 1.